The number of rotatable bonds is 16. The monoisotopic (exact) mass is 390 g/mol. The minimum Gasteiger partial charge on any atom is -0.463 e. The van der Waals surface area contributed by atoms with Crippen molar-refractivity contribution in [2.24, 2.45) is 17.8 Å². The van der Waals surface area contributed by atoms with Crippen molar-refractivity contribution in [2.45, 2.75) is 90.6 Å². The molecule has 0 heterocycles. The van der Waals surface area contributed by atoms with E-state index in [2.05, 4.69) is 43.9 Å². The largest absolute Gasteiger partial charge is 0.463 e. The number of aliphatic hydroxyl groups excluding tert-OH is 1. The van der Waals surface area contributed by atoms with Crippen molar-refractivity contribution in [2.75, 3.05) is 6.61 Å². The molecule has 28 heavy (non-hydrogen) atoms. The zero-order valence-corrected chi connectivity index (χ0v) is 18.2. The maximum Gasteiger partial charge on any atom is 0.302 e. The number of hydrogen-bond acceptors (Lipinski definition) is 3. The third-order valence-electron chi connectivity index (χ3n) is 5.74. The van der Waals surface area contributed by atoms with Crippen LogP contribution in [0.1, 0.15) is 84.5 Å². The van der Waals surface area contributed by atoms with Crippen LogP contribution >= 0.6 is 0 Å². The summed E-state index contributed by atoms with van der Waals surface area (Å²) in [5.41, 5.74) is 0. The van der Waals surface area contributed by atoms with Gasteiger partial charge in [-0.2, -0.15) is 0 Å². The summed E-state index contributed by atoms with van der Waals surface area (Å²) < 4.78 is 4.83. The SMILES string of the molecule is C=C[C@H](CC=C[C@H]1C=CC[C@@H]1CCCCCCC(O)COC(C)=O)CCCC. The molecule has 0 spiro atoms. The molecule has 3 nitrogen and oxygen atoms in total. The Morgan fingerprint density at radius 3 is 2.75 bits per heavy atom. The van der Waals surface area contributed by atoms with Gasteiger partial charge in [0.15, 0.2) is 0 Å². The minimum atomic E-state index is -0.519. The number of carbonyl (C=O) groups excluding carboxylic acids is 1. The minimum absolute atomic E-state index is 0.127. The third kappa shape index (κ3) is 11.5. The summed E-state index contributed by atoms with van der Waals surface area (Å²) in [6.45, 7) is 7.73. The number of ether oxygens (including phenoxy) is 1. The van der Waals surface area contributed by atoms with Crippen LogP contribution in [0.4, 0.5) is 0 Å². The average molecular weight is 391 g/mol. The summed E-state index contributed by atoms with van der Waals surface area (Å²) in [5.74, 6) is 1.65. The molecule has 1 unspecified atom stereocenters. The van der Waals surface area contributed by atoms with Gasteiger partial charge in [0.25, 0.3) is 0 Å². The molecule has 1 rings (SSSR count). The molecule has 1 N–H and O–H groups in total. The topological polar surface area (TPSA) is 46.5 Å². The van der Waals surface area contributed by atoms with Gasteiger partial charge in [0, 0.05) is 6.92 Å². The lowest BCUT2D eigenvalue weighted by Crippen LogP contribution is -2.17. The van der Waals surface area contributed by atoms with Gasteiger partial charge >= 0.3 is 5.97 Å². The Morgan fingerprint density at radius 2 is 2.04 bits per heavy atom. The highest BCUT2D eigenvalue weighted by molar-refractivity contribution is 5.65. The molecule has 0 amide bonds. The summed E-state index contributed by atoms with van der Waals surface area (Å²) in [4.78, 5) is 10.7. The first kappa shape index (κ1) is 24.7. The van der Waals surface area contributed by atoms with Crippen molar-refractivity contribution in [3.8, 4) is 0 Å². The van der Waals surface area contributed by atoms with Crippen molar-refractivity contribution in [1.29, 1.82) is 0 Å². The van der Waals surface area contributed by atoms with Crippen molar-refractivity contribution >= 4 is 5.97 Å². The molecule has 3 heteroatoms. The van der Waals surface area contributed by atoms with Crippen LogP contribution in [0.2, 0.25) is 0 Å². The number of hydrogen-bond donors (Lipinski definition) is 1. The van der Waals surface area contributed by atoms with E-state index in [1.165, 1.54) is 51.9 Å². The van der Waals surface area contributed by atoms with Crippen molar-refractivity contribution < 1.29 is 14.6 Å². The maximum absolute atomic E-state index is 10.7. The fraction of sp³-hybridized carbons (Fsp3) is 0.720. The fourth-order valence-electron chi connectivity index (χ4n) is 3.90. The highest BCUT2D eigenvalue weighted by Gasteiger charge is 2.19. The standard InChI is InChI=1S/C25H42O3/c1-4-6-13-22(5-2)14-11-16-24-18-12-17-23(24)15-9-7-8-10-19-25(27)20-28-21(3)26/h5,11-12,16,18,22-25,27H,2,4,6-10,13-15,17,19-20H2,1,3H3/t22-,23-,24-,25?/m0/s1. The van der Waals surface area contributed by atoms with Crippen LogP contribution in [0.15, 0.2) is 37.0 Å². The smallest absolute Gasteiger partial charge is 0.302 e. The molecule has 0 fully saturated rings. The maximum atomic E-state index is 10.7. The fourth-order valence-corrected chi connectivity index (χ4v) is 3.90. The Kier molecular flexibility index (Phi) is 13.7. The highest BCUT2D eigenvalue weighted by Crippen LogP contribution is 2.31. The second kappa shape index (κ2) is 15.6. The number of allylic oxidation sites excluding steroid dienone is 5. The zero-order valence-electron chi connectivity index (χ0n) is 18.2. The summed E-state index contributed by atoms with van der Waals surface area (Å²) in [7, 11) is 0. The Balaban J connectivity index is 2.14. The molecule has 0 saturated heterocycles. The molecule has 0 aliphatic heterocycles. The Bertz CT molecular complexity index is 480. The van der Waals surface area contributed by atoms with E-state index in [9.17, 15) is 9.90 Å². The summed E-state index contributed by atoms with van der Waals surface area (Å²) in [5, 5.41) is 9.75. The molecule has 160 valence electrons. The number of esters is 1. The van der Waals surface area contributed by atoms with Gasteiger partial charge in [0.1, 0.15) is 6.61 Å². The van der Waals surface area contributed by atoms with Gasteiger partial charge in [-0.05, 0) is 49.9 Å². The molecule has 0 aromatic heterocycles. The lowest BCUT2D eigenvalue weighted by atomic mass is 9.89. The van der Waals surface area contributed by atoms with Crippen LogP contribution in [0.25, 0.3) is 0 Å². The molecular formula is C25H42O3. The van der Waals surface area contributed by atoms with Crippen molar-refractivity contribution in [3.63, 3.8) is 0 Å². The molecule has 0 radical (unpaired) electrons. The van der Waals surface area contributed by atoms with Gasteiger partial charge in [-0.3, -0.25) is 4.79 Å². The third-order valence-corrected chi connectivity index (χ3v) is 5.74. The Morgan fingerprint density at radius 1 is 1.25 bits per heavy atom. The Labute approximate surface area is 172 Å². The number of unbranched alkanes of at least 4 members (excludes halogenated alkanes) is 4. The molecule has 0 aromatic rings. The van der Waals surface area contributed by atoms with Gasteiger partial charge in [-0.15, -0.1) is 6.58 Å². The molecule has 0 aromatic carbocycles. The Hall–Kier alpha value is -1.35. The van der Waals surface area contributed by atoms with E-state index in [1.807, 2.05) is 0 Å². The van der Waals surface area contributed by atoms with E-state index in [1.54, 1.807) is 0 Å². The average Bonchev–Trinajstić information content (AvgIpc) is 3.12. The molecule has 1 aliphatic rings. The van der Waals surface area contributed by atoms with Crippen molar-refractivity contribution in [3.05, 3.63) is 37.0 Å². The van der Waals surface area contributed by atoms with Crippen LogP contribution in [0, 0.1) is 17.8 Å². The van der Waals surface area contributed by atoms with Crippen LogP contribution in [-0.2, 0) is 9.53 Å². The number of carbonyl (C=O) groups is 1. The number of aliphatic hydroxyl groups is 1. The molecule has 4 atom stereocenters. The predicted octanol–water partition coefficient (Wildman–Crippen LogP) is 6.38. The second-order valence-corrected chi connectivity index (χ2v) is 8.25. The first-order valence-corrected chi connectivity index (χ1v) is 11.3. The van der Waals surface area contributed by atoms with Crippen molar-refractivity contribution in [1.82, 2.24) is 0 Å². The summed E-state index contributed by atoms with van der Waals surface area (Å²) >= 11 is 0. The molecule has 0 bridgehead atoms. The second-order valence-electron chi connectivity index (χ2n) is 8.25. The van der Waals surface area contributed by atoms with Gasteiger partial charge in [-0.25, -0.2) is 0 Å². The summed E-state index contributed by atoms with van der Waals surface area (Å²) in [6.07, 6.45) is 23.8. The molecular weight excluding hydrogens is 348 g/mol. The highest BCUT2D eigenvalue weighted by atomic mass is 16.5. The van der Waals surface area contributed by atoms with E-state index in [0.717, 1.165) is 25.2 Å². The van der Waals surface area contributed by atoms with E-state index >= 15 is 0 Å². The van der Waals surface area contributed by atoms with Gasteiger partial charge in [-0.1, -0.05) is 75.8 Å². The van der Waals surface area contributed by atoms with Gasteiger partial charge < -0.3 is 9.84 Å². The quantitative estimate of drug-likeness (QED) is 0.189. The van der Waals surface area contributed by atoms with Crippen LogP contribution in [0.5, 0.6) is 0 Å². The first-order chi connectivity index (χ1) is 13.6. The van der Waals surface area contributed by atoms with E-state index in [0.29, 0.717) is 18.3 Å². The first-order valence-electron chi connectivity index (χ1n) is 11.3. The van der Waals surface area contributed by atoms with Crippen LogP contribution in [0.3, 0.4) is 0 Å². The normalized spacial score (nSPS) is 21.1. The summed E-state index contributed by atoms with van der Waals surface area (Å²) in [6, 6.07) is 0. The van der Waals surface area contributed by atoms with E-state index < -0.39 is 6.10 Å². The van der Waals surface area contributed by atoms with E-state index in [-0.39, 0.29) is 12.6 Å². The lowest BCUT2D eigenvalue weighted by Gasteiger charge is -2.17. The van der Waals surface area contributed by atoms with Crippen LogP contribution < -0.4 is 0 Å². The molecule has 1 aliphatic carbocycles. The zero-order chi connectivity index (χ0) is 20.6. The predicted molar refractivity (Wildman–Crippen MR) is 118 cm³/mol. The lowest BCUT2D eigenvalue weighted by molar-refractivity contribution is -0.144. The van der Waals surface area contributed by atoms with Gasteiger partial charge in [0.05, 0.1) is 6.10 Å². The molecule has 0 saturated carbocycles. The van der Waals surface area contributed by atoms with E-state index in [4.69, 9.17) is 4.74 Å². The van der Waals surface area contributed by atoms with Crippen LogP contribution in [-0.4, -0.2) is 23.8 Å². The van der Waals surface area contributed by atoms with Gasteiger partial charge in [0.2, 0.25) is 0 Å².